The first-order valence-electron chi connectivity index (χ1n) is 6.21. The molecule has 0 amide bonds. The van der Waals surface area contributed by atoms with E-state index in [2.05, 4.69) is 0 Å². The first-order valence-corrected chi connectivity index (χ1v) is 7.86. The zero-order chi connectivity index (χ0) is 14.8. The molecule has 0 aliphatic rings. The fourth-order valence-electron chi connectivity index (χ4n) is 2.18. The molecule has 0 aromatic heterocycles. The van der Waals surface area contributed by atoms with Crippen LogP contribution >= 0.6 is 0 Å². The second-order valence-corrected chi connectivity index (χ2v) is 6.80. The first-order chi connectivity index (χ1) is 9.42. The number of hydrogen-bond acceptors (Lipinski definition) is 3. The second-order valence-electron chi connectivity index (χ2n) is 4.84. The molecule has 0 heterocycles. The summed E-state index contributed by atoms with van der Waals surface area (Å²) in [6, 6.07) is 14.0. The molecule has 0 aliphatic carbocycles. The van der Waals surface area contributed by atoms with Gasteiger partial charge in [-0.1, -0.05) is 29.8 Å². The van der Waals surface area contributed by atoms with Gasteiger partial charge in [-0.25, -0.2) is 8.42 Å². The van der Waals surface area contributed by atoms with E-state index in [1.807, 2.05) is 19.1 Å². The Morgan fingerprint density at radius 3 is 2.50 bits per heavy atom. The number of benzene rings is 2. The summed E-state index contributed by atoms with van der Waals surface area (Å²) in [6.45, 7) is 3.73. The third kappa shape index (κ3) is 3.06. The van der Waals surface area contributed by atoms with Crippen LogP contribution in [0.2, 0.25) is 0 Å². The molecule has 0 saturated carbocycles. The summed E-state index contributed by atoms with van der Waals surface area (Å²) in [5.74, 6) is -0.0909. The van der Waals surface area contributed by atoms with Gasteiger partial charge in [0, 0.05) is 0 Å². The molecule has 0 aliphatic heterocycles. The van der Waals surface area contributed by atoms with Crippen molar-refractivity contribution in [2.45, 2.75) is 24.5 Å². The zero-order valence-electron chi connectivity index (χ0n) is 11.4. The van der Waals surface area contributed by atoms with E-state index in [0.29, 0.717) is 16.0 Å². The summed E-state index contributed by atoms with van der Waals surface area (Å²) in [6.07, 6.45) is 0. The highest BCUT2D eigenvalue weighted by atomic mass is 32.2. The van der Waals surface area contributed by atoms with Gasteiger partial charge >= 0.3 is 0 Å². The zero-order valence-corrected chi connectivity index (χ0v) is 12.2. The molecule has 3 nitrogen and oxygen atoms in total. The maximum Gasteiger partial charge on any atom is 0.182 e. The van der Waals surface area contributed by atoms with Gasteiger partial charge in [-0.2, -0.15) is 5.26 Å². The Bertz CT molecular complexity index is 786. The van der Waals surface area contributed by atoms with Crippen molar-refractivity contribution in [1.82, 2.24) is 0 Å². The van der Waals surface area contributed by atoms with Crippen LogP contribution in [0.25, 0.3) is 0 Å². The standard InChI is InChI=1S/C16H15NO2S/c1-12-6-7-16(13(2)8-12)20(18,19)11-15-5-3-4-14(9-15)10-17/h3-9H,11H2,1-2H3. The highest BCUT2D eigenvalue weighted by Gasteiger charge is 2.17. The number of hydrogen-bond donors (Lipinski definition) is 0. The van der Waals surface area contributed by atoms with Crippen molar-refractivity contribution in [3.05, 3.63) is 64.7 Å². The Labute approximate surface area is 119 Å². The van der Waals surface area contributed by atoms with Gasteiger partial charge in [0.2, 0.25) is 0 Å². The Balaban J connectivity index is 2.38. The lowest BCUT2D eigenvalue weighted by Crippen LogP contribution is -2.07. The smallest absolute Gasteiger partial charge is 0.182 e. The minimum Gasteiger partial charge on any atom is -0.223 e. The van der Waals surface area contributed by atoms with Crippen LogP contribution in [-0.2, 0) is 15.6 Å². The lowest BCUT2D eigenvalue weighted by Gasteiger charge is -2.09. The van der Waals surface area contributed by atoms with Crippen LogP contribution < -0.4 is 0 Å². The summed E-state index contributed by atoms with van der Waals surface area (Å²) in [5.41, 5.74) is 2.89. The van der Waals surface area contributed by atoms with Crippen LogP contribution in [-0.4, -0.2) is 8.42 Å². The monoisotopic (exact) mass is 285 g/mol. The van der Waals surface area contributed by atoms with E-state index in [4.69, 9.17) is 5.26 Å². The SMILES string of the molecule is Cc1ccc(S(=O)(=O)Cc2cccc(C#N)c2)c(C)c1. The van der Waals surface area contributed by atoms with Crippen LogP contribution in [0.3, 0.4) is 0 Å². The molecule has 0 saturated heterocycles. The molecule has 2 rings (SSSR count). The normalized spacial score (nSPS) is 11.1. The van der Waals surface area contributed by atoms with E-state index in [9.17, 15) is 8.42 Å². The summed E-state index contributed by atoms with van der Waals surface area (Å²) in [4.78, 5) is 0.352. The molecular formula is C16H15NO2S. The molecule has 2 aromatic rings. The Morgan fingerprint density at radius 2 is 1.85 bits per heavy atom. The summed E-state index contributed by atoms with van der Waals surface area (Å²) >= 11 is 0. The van der Waals surface area contributed by atoms with Crippen molar-refractivity contribution in [2.75, 3.05) is 0 Å². The quantitative estimate of drug-likeness (QED) is 0.870. The van der Waals surface area contributed by atoms with Gasteiger partial charge in [0.05, 0.1) is 22.3 Å². The van der Waals surface area contributed by atoms with E-state index >= 15 is 0 Å². The Hall–Kier alpha value is -2.12. The fourth-order valence-corrected chi connectivity index (χ4v) is 3.77. The van der Waals surface area contributed by atoms with Crippen LogP contribution in [0.15, 0.2) is 47.4 Å². The summed E-state index contributed by atoms with van der Waals surface area (Å²) in [5, 5.41) is 8.85. The molecular weight excluding hydrogens is 270 g/mol. The largest absolute Gasteiger partial charge is 0.223 e. The molecule has 0 bridgehead atoms. The summed E-state index contributed by atoms with van der Waals surface area (Å²) in [7, 11) is -3.40. The molecule has 0 unspecified atom stereocenters. The second kappa shape index (κ2) is 5.48. The van der Waals surface area contributed by atoms with E-state index in [1.54, 1.807) is 43.3 Å². The number of rotatable bonds is 3. The maximum absolute atomic E-state index is 12.5. The highest BCUT2D eigenvalue weighted by molar-refractivity contribution is 7.90. The van der Waals surface area contributed by atoms with E-state index < -0.39 is 9.84 Å². The lowest BCUT2D eigenvalue weighted by atomic mass is 10.2. The van der Waals surface area contributed by atoms with Gasteiger partial charge in [0.25, 0.3) is 0 Å². The van der Waals surface area contributed by atoms with Gasteiger partial charge in [-0.05, 0) is 43.2 Å². The number of aryl methyl sites for hydroxylation is 2. The maximum atomic E-state index is 12.5. The Kier molecular flexibility index (Phi) is 3.91. The van der Waals surface area contributed by atoms with Crippen molar-refractivity contribution in [3.8, 4) is 6.07 Å². The van der Waals surface area contributed by atoms with Crippen molar-refractivity contribution in [2.24, 2.45) is 0 Å². The fraction of sp³-hybridized carbons (Fsp3) is 0.188. The van der Waals surface area contributed by atoms with Crippen molar-refractivity contribution in [1.29, 1.82) is 5.26 Å². The van der Waals surface area contributed by atoms with Crippen molar-refractivity contribution < 1.29 is 8.42 Å². The van der Waals surface area contributed by atoms with Crippen molar-refractivity contribution in [3.63, 3.8) is 0 Å². The van der Waals surface area contributed by atoms with Gasteiger partial charge < -0.3 is 0 Å². The highest BCUT2D eigenvalue weighted by Crippen LogP contribution is 2.21. The van der Waals surface area contributed by atoms with Gasteiger partial charge in [-0.3, -0.25) is 0 Å². The predicted molar refractivity (Wildman–Crippen MR) is 78.0 cm³/mol. The minimum absolute atomic E-state index is 0.0909. The van der Waals surface area contributed by atoms with Crippen LogP contribution in [0.1, 0.15) is 22.3 Å². The predicted octanol–water partition coefficient (Wildman–Crippen LogP) is 3.15. The third-order valence-corrected chi connectivity index (χ3v) is 4.92. The number of nitrogens with zero attached hydrogens (tertiary/aromatic N) is 1. The van der Waals surface area contributed by atoms with Crippen LogP contribution in [0.4, 0.5) is 0 Å². The number of sulfone groups is 1. The average molecular weight is 285 g/mol. The first kappa shape index (κ1) is 14.3. The molecule has 0 fully saturated rings. The van der Waals surface area contributed by atoms with Gasteiger partial charge in [0.1, 0.15) is 0 Å². The topological polar surface area (TPSA) is 57.9 Å². The molecule has 102 valence electrons. The van der Waals surface area contributed by atoms with E-state index in [0.717, 1.165) is 11.1 Å². The average Bonchev–Trinajstić information content (AvgIpc) is 2.37. The van der Waals surface area contributed by atoms with Gasteiger partial charge in [-0.15, -0.1) is 0 Å². The minimum atomic E-state index is -3.40. The van der Waals surface area contributed by atoms with E-state index in [-0.39, 0.29) is 5.75 Å². The van der Waals surface area contributed by atoms with Crippen LogP contribution in [0.5, 0.6) is 0 Å². The lowest BCUT2D eigenvalue weighted by molar-refractivity contribution is 0.594. The van der Waals surface area contributed by atoms with Crippen molar-refractivity contribution >= 4 is 9.84 Å². The molecule has 4 heteroatoms. The molecule has 0 radical (unpaired) electrons. The van der Waals surface area contributed by atoms with Gasteiger partial charge in [0.15, 0.2) is 9.84 Å². The summed E-state index contributed by atoms with van der Waals surface area (Å²) < 4.78 is 24.9. The number of nitriles is 1. The van der Waals surface area contributed by atoms with E-state index in [1.165, 1.54) is 0 Å². The molecule has 0 atom stereocenters. The molecule has 20 heavy (non-hydrogen) atoms. The molecule has 2 aromatic carbocycles. The molecule has 0 spiro atoms. The third-order valence-electron chi connectivity index (χ3n) is 3.08. The molecule has 0 N–H and O–H groups in total. The Morgan fingerprint density at radius 1 is 1.10 bits per heavy atom. The van der Waals surface area contributed by atoms with Crippen LogP contribution in [0, 0.1) is 25.2 Å².